The molecular weight excluding hydrogens is 312 g/mol. The SMILES string of the molecule is CS(=O)(=O)c1cc(I)cnc1Cl. The predicted octanol–water partition coefficient (Wildman–Crippen LogP) is 1.74. The third kappa shape index (κ3) is 2.30. The summed E-state index contributed by atoms with van der Waals surface area (Å²) >= 11 is 7.56. The Bertz CT molecular complexity index is 404. The lowest BCUT2D eigenvalue weighted by Gasteiger charge is -1.99. The molecule has 0 aliphatic rings. The molecule has 0 fully saturated rings. The summed E-state index contributed by atoms with van der Waals surface area (Å²) in [6.07, 6.45) is 2.61. The third-order valence-electron chi connectivity index (χ3n) is 1.17. The molecule has 6 heteroatoms. The highest BCUT2D eigenvalue weighted by atomic mass is 127. The monoisotopic (exact) mass is 317 g/mol. The van der Waals surface area contributed by atoms with Gasteiger partial charge in [0, 0.05) is 16.0 Å². The molecule has 0 bridgehead atoms. The van der Waals surface area contributed by atoms with Gasteiger partial charge in [0.1, 0.15) is 10.0 Å². The minimum Gasteiger partial charge on any atom is -0.242 e. The molecule has 1 rings (SSSR count). The highest BCUT2D eigenvalue weighted by molar-refractivity contribution is 14.1. The second-order valence-electron chi connectivity index (χ2n) is 2.21. The molecule has 66 valence electrons. The molecule has 0 unspecified atom stereocenters. The largest absolute Gasteiger partial charge is 0.242 e. The van der Waals surface area contributed by atoms with E-state index in [0.717, 1.165) is 9.83 Å². The molecule has 1 aromatic heterocycles. The maximum Gasteiger partial charge on any atom is 0.178 e. The van der Waals surface area contributed by atoms with E-state index in [4.69, 9.17) is 11.6 Å². The van der Waals surface area contributed by atoms with E-state index in [1.54, 1.807) is 0 Å². The molecule has 0 aliphatic carbocycles. The average molecular weight is 318 g/mol. The van der Waals surface area contributed by atoms with E-state index in [-0.39, 0.29) is 10.0 Å². The number of aromatic nitrogens is 1. The van der Waals surface area contributed by atoms with Crippen LogP contribution in [0.2, 0.25) is 5.15 Å². The van der Waals surface area contributed by atoms with Crippen LogP contribution >= 0.6 is 34.2 Å². The summed E-state index contributed by atoms with van der Waals surface area (Å²) in [4.78, 5) is 3.80. The van der Waals surface area contributed by atoms with E-state index in [1.807, 2.05) is 22.6 Å². The van der Waals surface area contributed by atoms with Gasteiger partial charge in [-0.3, -0.25) is 0 Å². The molecule has 0 aliphatic heterocycles. The molecular formula is C6H5ClINO2S. The molecule has 0 atom stereocenters. The summed E-state index contributed by atoms with van der Waals surface area (Å²) < 4.78 is 22.9. The van der Waals surface area contributed by atoms with Crippen LogP contribution in [0.5, 0.6) is 0 Å². The van der Waals surface area contributed by atoms with Crippen molar-refractivity contribution in [2.75, 3.05) is 6.26 Å². The van der Waals surface area contributed by atoms with Gasteiger partial charge in [0.2, 0.25) is 0 Å². The number of pyridine rings is 1. The molecule has 0 N–H and O–H groups in total. The normalized spacial score (nSPS) is 11.6. The Morgan fingerprint density at radius 1 is 1.58 bits per heavy atom. The fraction of sp³-hybridized carbons (Fsp3) is 0.167. The number of sulfone groups is 1. The lowest BCUT2D eigenvalue weighted by Crippen LogP contribution is -1.99. The van der Waals surface area contributed by atoms with Gasteiger partial charge in [0.25, 0.3) is 0 Å². The summed E-state index contributed by atoms with van der Waals surface area (Å²) in [5.74, 6) is 0. The number of halogens is 2. The van der Waals surface area contributed by atoms with Crippen molar-refractivity contribution in [2.45, 2.75) is 4.90 Å². The van der Waals surface area contributed by atoms with Crippen LogP contribution in [0.25, 0.3) is 0 Å². The van der Waals surface area contributed by atoms with Crippen LogP contribution in [0.15, 0.2) is 17.2 Å². The molecule has 0 saturated carbocycles. The van der Waals surface area contributed by atoms with Crippen molar-refractivity contribution in [3.8, 4) is 0 Å². The zero-order chi connectivity index (χ0) is 9.35. The Balaban J connectivity index is 3.43. The van der Waals surface area contributed by atoms with Gasteiger partial charge >= 0.3 is 0 Å². The van der Waals surface area contributed by atoms with Gasteiger partial charge in [-0.05, 0) is 28.7 Å². The van der Waals surface area contributed by atoms with E-state index >= 15 is 0 Å². The molecule has 0 radical (unpaired) electrons. The number of hydrogen-bond donors (Lipinski definition) is 0. The maximum atomic E-state index is 11.1. The fourth-order valence-corrected chi connectivity index (χ4v) is 2.55. The Morgan fingerprint density at radius 2 is 2.17 bits per heavy atom. The third-order valence-corrected chi connectivity index (χ3v) is 3.29. The Labute approximate surface area is 89.2 Å². The molecule has 0 spiro atoms. The molecule has 0 aromatic carbocycles. The van der Waals surface area contributed by atoms with E-state index in [0.29, 0.717) is 0 Å². The molecule has 12 heavy (non-hydrogen) atoms. The molecule has 1 aromatic rings. The molecule has 1 heterocycles. The Hall–Kier alpha value is 0.120. The maximum absolute atomic E-state index is 11.1. The van der Waals surface area contributed by atoms with Crippen molar-refractivity contribution in [1.29, 1.82) is 0 Å². The van der Waals surface area contributed by atoms with Crippen molar-refractivity contribution in [3.05, 3.63) is 21.0 Å². The fourth-order valence-electron chi connectivity index (χ4n) is 0.664. The van der Waals surface area contributed by atoms with E-state index in [9.17, 15) is 8.42 Å². The van der Waals surface area contributed by atoms with Crippen molar-refractivity contribution in [3.63, 3.8) is 0 Å². The van der Waals surface area contributed by atoms with Gasteiger partial charge in [-0.25, -0.2) is 13.4 Å². The first-order valence-electron chi connectivity index (χ1n) is 2.92. The lowest BCUT2D eigenvalue weighted by molar-refractivity contribution is 0.601. The molecule has 3 nitrogen and oxygen atoms in total. The average Bonchev–Trinajstić information content (AvgIpc) is 1.92. The first kappa shape index (κ1) is 10.2. The van der Waals surface area contributed by atoms with Crippen molar-refractivity contribution in [1.82, 2.24) is 4.98 Å². The van der Waals surface area contributed by atoms with Crippen molar-refractivity contribution < 1.29 is 8.42 Å². The van der Waals surface area contributed by atoms with Crippen LogP contribution in [0, 0.1) is 3.57 Å². The minimum absolute atomic E-state index is 0.0258. The van der Waals surface area contributed by atoms with Crippen molar-refractivity contribution in [2.24, 2.45) is 0 Å². The molecule has 0 saturated heterocycles. The van der Waals surface area contributed by atoms with E-state index in [2.05, 4.69) is 4.98 Å². The van der Waals surface area contributed by atoms with Gasteiger partial charge < -0.3 is 0 Å². The number of rotatable bonds is 1. The van der Waals surface area contributed by atoms with Crippen LogP contribution in [0.1, 0.15) is 0 Å². The lowest BCUT2D eigenvalue weighted by atomic mass is 10.5. The topological polar surface area (TPSA) is 47.0 Å². The van der Waals surface area contributed by atoms with Gasteiger partial charge in [-0.2, -0.15) is 0 Å². The zero-order valence-electron chi connectivity index (χ0n) is 6.08. The zero-order valence-corrected chi connectivity index (χ0v) is 9.81. The summed E-state index contributed by atoms with van der Waals surface area (Å²) in [7, 11) is -3.26. The van der Waals surface area contributed by atoms with Gasteiger partial charge in [-0.1, -0.05) is 11.6 Å². The Morgan fingerprint density at radius 3 is 2.58 bits per heavy atom. The highest BCUT2D eigenvalue weighted by Crippen LogP contribution is 2.20. The van der Waals surface area contributed by atoms with E-state index < -0.39 is 9.84 Å². The minimum atomic E-state index is -3.26. The number of hydrogen-bond acceptors (Lipinski definition) is 3. The van der Waals surface area contributed by atoms with Crippen molar-refractivity contribution >= 4 is 44.0 Å². The highest BCUT2D eigenvalue weighted by Gasteiger charge is 2.13. The first-order valence-corrected chi connectivity index (χ1v) is 6.27. The van der Waals surface area contributed by atoms with Crippen LogP contribution in [0.4, 0.5) is 0 Å². The van der Waals surface area contributed by atoms with E-state index in [1.165, 1.54) is 12.3 Å². The standard InChI is InChI=1S/C6H5ClINO2S/c1-12(10,11)5-2-4(8)3-9-6(5)7/h2-3H,1H3. The van der Waals surface area contributed by atoms with Gasteiger partial charge in [-0.15, -0.1) is 0 Å². The second kappa shape index (κ2) is 3.47. The number of nitrogens with zero attached hydrogens (tertiary/aromatic N) is 1. The summed E-state index contributed by atoms with van der Waals surface area (Å²) in [6.45, 7) is 0. The van der Waals surface area contributed by atoms with Crippen LogP contribution < -0.4 is 0 Å². The van der Waals surface area contributed by atoms with Gasteiger partial charge in [0.15, 0.2) is 9.84 Å². The smallest absolute Gasteiger partial charge is 0.178 e. The molecule has 0 amide bonds. The van der Waals surface area contributed by atoms with Crippen LogP contribution in [-0.2, 0) is 9.84 Å². The summed E-state index contributed by atoms with van der Waals surface area (Å²) in [5.41, 5.74) is 0. The van der Waals surface area contributed by atoms with Crippen LogP contribution in [0.3, 0.4) is 0 Å². The van der Waals surface area contributed by atoms with Crippen LogP contribution in [-0.4, -0.2) is 19.7 Å². The second-order valence-corrected chi connectivity index (χ2v) is 5.80. The summed E-state index contributed by atoms with van der Waals surface area (Å²) in [5, 5.41) is 0.0258. The predicted molar refractivity (Wildman–Crippen MR) is 55.1 cm³/mol. The summed E-state index contributed by atoms with van der Waals surface area (Å²) in [6, 6.07) is 1.49. The Kier molecular flexibility index (Phi) is 2.95. The van der Waals surface area contributed by atoms with Gasteiger partial charge in [0.05, 0.1) is 0 Å². The quantitative estimate of drug-likeness (QED) is 0.585. The first-order chi connectivity index (χ1) is 5.41.